The van der Waals surface area contributed by atoms with E-state index >= 15 is 0 Å². The quantitative estimate of drug-likeness (QED) is 0.556. The Labute approximate surface area is 54.5 Å². The minimum atomic E-state index is 0.789. The van der Waals surface area contributed by atoms with Crippen LogP contribution < -0.4 is 5.48 Å². The summed E-state index contributed by atoms with van der Waals surface area (Å²) in [6, 6.07) is 0. The third kappa shape index (κ3) is 1.21. The van der Waals surface area contributed by atoms with Gasteiger partial charge in [-0.2, -0.15) is 5.48 Å². The lowest BCUT2D eigenvalue weighted by Crippen LogP contribution is -2.06. The van der Waals surface area contributed by atoms with E-state index < -0.39 is 0 Å². The van der Waals surface area contributed by atoms with Crippen LogP contribution in [0.4, 0.5) is 0 Å². The van der Waals surface area contributed by atoms with Crippen molar-refractivity contribution in [2.75, 3.05) is 7.05 Å². The summed E-state index contributed by atoms with van der Waals surface area (Å²) in [5.74, 6) is 0.789. The van der Waals surface area contributed by atoms with Crippen molar-refractivity contribution < 1.29 is 4.84 Å². The molecule has 0 fully saturated rings. The van der Waals surface area contributed by atoms with Crippen molar-refractivity contribution in [2.24, 2.45) is 0 Å². The fourth-order valence-corrected chi connectivity index (χ4v) is 0.650. The largest absolute Gasteiger partial charge is 0.408 e. The minimum Gasteiger partial charge on any atom is -0.408 e. The first-order chi connectivity index (χ1) is 4.34. The second kappa shape index (κ2) is 2.51. The van der Waals surface area contributed by atoms with E-state index in [0.29, 0.717) is 0 Å². The van der Waals surface area contributed by atoms with Gasteiger partial charge in [-0.05, 0) is 6.08 Å². The Morgan fingerprint density at radius 2 is 2.44 bits per heavy atom. The van der Waals surface area contributed by atoms with Gasteiger partial charge in [-0.3, -0.25) is 0 Å². The van der Waals surface area contributed by atoms with E-state index in [1.807, 2.05) is 18.2 Å². The van der Waals surface area contributed by atoms with Crippen LogP contribution in [0.3, 0.4) is 0 Å². The highest BCUT2D eigenvalue weighted by molar-refractivity contribution is 5.42. The Balaban J connectivity index is 2.54. The highest BCUT2D eigenvalue weighted by atomic mass is 16.6. The Hall–Kier alpha value is -1.02. The normalized spacial score (nSPS) is 16.1. The maximum Gasteiger partial charge on any atom is 0.153 e. The van der Waals surface area contributed by atoms with Crippen LogP contribution in [0.2, 0.25) is 0 Å². The second-order valence-corrected chi connectivity index (χ2v) is 1.72. The Morgan fingerprint density at radius 1 is 1.67 bits per heavy atom. The lowest BCUT2D eigenvalue weighted by atomic mass is 10.3. The highest BCUT2D eigenvalue weighted by Crippen LogP contribution is 2.15. The summed E-state index contributed by atoms with van der Waals surface area (Å²) < 4.78 is 0. The first kappa shape index (κ1) is 6.11. The number of allylic oxidation sites excluding steroid dienone is 3. The second-order valence-electron chi connectivity index (χ2n) is 1.72. The molecule has 2 heteroatoms. The van der Waals surface area contributed by atoms with Crippen molar-refractivity contribution in [1.29, 1.82) is 0 Å². The molecule has 0 radical (unpaired) electrons. The molecule has 0 aromatic carbocycles. The third-order valence-electron chi connectivity index (χ3n) is 1.07. The zero-order chi connectivity index (χ0) is 6.69. The van der Waals surface area contributed by atoms with Crippen LogP contribution in [0.1, 0.15) is 0 Å². The fraction of sp³-hybridized carbons (Fsp3) is 0.143. The van der Waals surface area contributed by atoms with Crippen molar-refractivity contribution in [3.63, 3.8) is 0 Å². The van der Waals surface area contributed by atoms with Crippen LogP contribution in [0, 0.1) is 0 Å². The molecule has 0 unspecified atom stereocenters. The first-order valence-electron chi connectivity index (χ1n) is 2.76. The summed E-state index contributed by atoms with van der Waals surface area (Å²) in [4.78, 5) is 4.96. The van der Waals surface area contributed by atoms with Crippen LogP contribution >= 0.6 is 0 Å². The Kier molecular flexibility index (Phi) is 1.70. The summed E-state index contributed by atoms with van der Waals surface area (Å²) in [6.07, 6.45) is 5.65. The molecule has 9 heavy (non-hydrogen) atoms. The smallest absolute Gasteiger partial charge is 0.153 e. The molecule has 1 N–H and O–H groups in total. The molecular weight excluding hydrogens is 114 g/mol. The van der Waals surface area contributed by atoms with Gasteiger partial charge in [-0.1, -0.05) is 18.7 Å². The lowest BCUT2D eigenvalue weighted by Gasteiger charge is -2.02. The van der Waals surface area contributed by atoms with Gasteiger partial charge in [-0.25, -0.2) is 0 Å². The third-order valence-corrected chi connectivity index (χ3v) is 1.07. The van der Waals surface area contributed by atoms with Gasteiger partial charge in [0.25, 0.3) is 0 Å². The zero-order valence-corrected chi connectivity index (χ0v) is 5.35. The van der Waals surface area contributed by atoms with Crippen molar-refractivity contribution in [2.45, 2.75) is 0 Å². The fourth-order valence-electron chi connectivity index (χ4n) is 0.650. The molecule has 1 rings (SSSR count). The molecule has 0 bridgehead atoms. The highest BCUT2D eigenvalue weighted by Gasteiger charge is 2.02. The standard InChI is InChI=1S/C7H9NO/c1-6-4-3-5-7(6)9-8-2/h3-5,8H,1H2,2H3. The lowest BCUT2D eigenvalue weighted by molar-refractivity contribution is 0.135. The van der Waals surface area contributed by atoms with E-state index in [4.69, 9.17) is 4.84 Å². The predicted molar refractivity (Wildman–Crippen MR) is 36.5 cm³/mol. The summed E-state index contributed by atoms with van der Waals surface area (Å²) >= 11 is 0. The number of nitrogens with one attached hydrogen (secondary N) is 1. The number of hydroxylamine groups is 1. The van der Waals surface area contributed by atoms with E-state index in [1.165, 1.54) is 0 Å². The SMILES string of the molecule is C=C1C=CC=C1ONC. The summed E-state index contributed by atoms with van der Waals surface area (Å²) in [6.45, 7) is 3.73. The molecule has 0 heterocycles. The van der Waals surface area contributed by atoms with Crippen molar-refractivity contribution in [3.05, 3.63) is 36.1 Å². The molecule has 0 saturated carbocycles. The molecule has 1 aliphatic carbocycles. The molecule has 0 spiro atoms. The molecule has 1 aliphatic rings. The molecular formula is C7H9NO. The van der Waals surface area contributed by atoms with Gasteiger partial charge in [0.15, 0.2) is 5.76 Å². The molecule has 0 amide bonds. The van der Waals surface area contributed by atoms with Crippen LogP contribution in [0.15, 0.2) is 36.1 Å². The maximum atomic E-state index is 4.96. The number of hydrogen-bond donors (Lipinski definition) is 1. The molecule has 0 aliphatic heterocycles. The number of hydrogen-bond acceptors (Lipinski definition) is 2. The van der Waals surface area contributed by atoms with Crippen molar-refractivity contribution in [3.8, 4) is 0 Å². The molecule has 0 aromatic rings. The van der Waals surface area contributed by atoms with Gasteiger partial charge in [0.2, 0.25) is 0 Å². The van der Waals surface area contributed by atoms with E-state index in [2.05, 4.69) is 12.1 Å². The molecule has 48 valence electrons. The Morgan fingerprint density at radius 3 is 2.89 bits per heavy atom. The van der Waals surface area contributed by atoms with E-state index in [0.717, 1.165) is 11.3 Å². The van der Waals surface area contributed by atoms with Crippen LogP contribution in [-0.4, -0.2) is 7.05 Å². The van der Waals surface area contributed by atoms with Gasteiger partial charge in [0.1, 0.15) is 0 Å². The minimum absolute atomic E-state index is 0.789. The summed E-state index contributed by atoms with van der Waals surface area (Å²) in [5.41, 5.74) is 3.48. The van der Waals surface area contributed by atoms with Gasteiger partial charge in [0.05, 0.1) is 0 Å². The molecule has 0 aromatic heterocycles. The monoisotopic (exact) mass is 123 g/mol. The van der Waals surface area contributed by atoms with E-state index in [1.54, 1.807) is 7.05 Å². The Bertz CT molecular complexity index is 179. The zero-order valence-electron chi connectivity index (χ0n) is 5.35. The first-order valence-corrected chi connectivity index (χ1v) is 2.76. The molecule has 2 nitrogen and oxygen atoms in total. The van der Waals surface area contributed by atoms with Gasteiger partial charge in [-0.15, -0.1) is 0 Å². The van der Waals surface area contributed by atoms with Crippen LogP contribution in [0.5, 0.6) is 0 Å². The number of rotatable bonds is 2. The van der Waals surface area contributed by atoms with Crippen molar-refractivity contribution in [1.82, 2.24) is 5.48 Å². The van der Waals surface area contributed by atoms with Gasteiger partial charge in [0, 0.05) is 12.6 Å². The summed E-state index contributed by atoms with van der Waals surface area (Å²) in [7, 11) is 1.71. The van der Waals surface area contributed by atoms with Gasteiger partial charge < -0.3 is 4.84 Å². The predicted octanol–water partition coefficient (Wildman–Crippen LogP) is 1.15. The molecule has 0 saturated heterocycles. The van der Waals surface area contributed by atoms with E-state index in [9.17, 15) is 0 Å². The van der Waals surface area contributed by atoms with Crippen molar-refractivity contribution >= 4 is 0 Å². The average Bonchev–Trinajstić information content (AvgIpc) is 2.18. The van der Waals surface area contributed by atoms with Crippen LogP contribution in [-0.2, 0) is 4.84 Å². The average molecular weight is 123 g/mol. The topological polar surface area (TPSA) is 21.3 Å². The van der Waals surface area contributed by atoms with E-state index in [-0.39, 0.29) is 0 Å². The maximum absolute atomic E-state index is 4.96. The summed E-state index contributed by atoms with van der Waals surface area (Å²) in [5, 5.41) is 0. The van der Waals surface area contributed by atoms with Crippen LogP contribution in [0.25, 0.3) is 0 Å². The van der Waals surface area contributed by atoms with Gasteiger partial charge >= 0.3 is 0 Å². The molecule has 0 atom stereocenters.